The number of hydrogen-bond donors (Lipinski definition) is 1. The summed E-state index contributed by atoms with van der Waals surface area (Å²) in [6, 6.07) is 11.4. The Balaban J connectivity index is 2.37. The van der Waals surface area contributed by atoms with Crippen molar-refractivity contribution in [2.45, 2.75) is 56.0 Å². The van der Waals surface area contributed by atoms with Crippen molar-refractivity contribution in [1.82, 2.24) is 5.32 Å². The number of nitrogens with one attached hydrogen (secondary N) is 1. The zero-order chi connectivity index (χ0) is 22.6. The predicted molar refractivity (Wildman–Crippen MR) is 122 cm³/mol. The van der Waals surface area contributed by atoms with Crippen molar-refractivity contribution in [2.75, 3.05) is 27.1 Å². The van der Waals surface area contributed by atoms with Gasteiger partial charge in [0.25, 0.3) is 0 Å². The third-order valence-electron chi connectivity index (χ3n) is 6.17. The van der Waals surface area contributed by atoms with Gasteiger partial charge in [-0.2, -0.15) is 0 Å². The molecule has 2 aromatic rings. The Labute approximate surface area is 185 Å². The van der Waals surface area contributed by atoms with Crippen LogP contribution < -0.4 is 19.5 Å². The Morgan fingerprint density at radius 3 is 2.26 bits per heavy atom. The van der Waals surface area contributed by atoms with Crippen LogP contribution in [0.3, 0.4) is 0 Å². The molecule has 7 heteroatoms. The molecule has 0 radical (unpaired) electrons. The van der Waals surface area contributed by atoms with Crippen LogP contribution in [0.25, 0.3) is 0 Å². The number of fused-ring (bicyclic) bond motifs is 1. The van der Waals surface area contributed by atoms with E-state index in [1.807, 2.05) is 30.3 Å². The van der Waals surface area contributed by atoms with Crippen LogP contribution in [0.15, 0.2) is 41.3 Å². The molecular formula is C24H33NO5S. The molecule has 0 spiro atoms. The topological polar surface area (TPSA) is 73.9 Å². The first-order valence-corrected chi connectivity index (χ1v) is 12.4. The maximum absolute atomic E-state index is 13.8. The lowest BCUT2D eigenvalue weighted by atomic mass is 9.88. The second kappa shape index (κ2) is 9.49. The van der Waals surface area contributed by atoms with Crippen LogP contribution >= 0.6 is 0 Å². The molecule has 1 aliphatic rings. The van der Waals surface area contributed by atoms with Gasteiger partial charge in [0, 0.05) is 5.54 Å². The van der Waals surface area contributed by atoms with Crippen molar-refractivity contribution >= 4 is 9.84 Å². The third-order valence-corrected chi connectivity index (χ3v) is 8.15. The number of benzene rings is 2. The standard InChI is InChI=1S/C24H33NO5S/c1-6-8-14-24(7-2)16-31(26,27)23-18(20(25-24)17-12-10-9-11-13-17)15-19(28-3)21(29-4)22(23)30-5/h9-13,15,20,25H,6-8,14,16H2,1-5H3/t20-,24+/m0/s1. The summed E-state index contributed by atoms with van der Waals surface area (Å²) < 4.78 is 44.4. The molecule has 31 heavy (non-hydrogen) atoms. The number of sulfone groups is 1. The number of ether oxygens (including phenoxy) is 3. The zero-order valence-electron chi connectivity index (χ0n) is 19.0. The van der Waals surface area contributed by atoms with E-state index in [9.17, 15) is 8.42 Å². The molecular weight excluding hydrogens is 414 g/mol. The summed E-state index contributed by atoms with van der Waals surface area (Å²) in [7, 11) is 0.798. The molecule has 0 fully saturated rings. The normalized spacial score (nSPS) is 22.3. The van der Waals surface area contributed by atoms with Gasteiger partial charge in [0.1, 0.15) is 4.90 Å². The van der Waals surface area contributed by atoms with E-state index in [4.69, 9.17) is 14.2 Å². The van der Waals surface area contributed by atoms with Crippen molar-refractivity contribution in [3.63, 3.8) is 0 Å². The molecule has 0 unspecified atom stereocenters. The summed E-state index contributed by atoms with van der Waals surface area (Å²) >= 11 is 0. The van der Waals surface area contributed by atoms with Gasteiger partial charge in [-0.05, 0) is 30.0 Å². The Bertz CT molecular complexity index is 1010. The molecule has 1 heterocycles. The van der Waals surface area contributed by atoms with Gasteiger partial charge in [-0.3, -0.25) is 5.32 Å². The highest BCUT2D eigenvalue weighted by atomic mass is 32.2. The summed E-state index contributed by atoms with van der Waals surface area (Å²) in [4.78, 5) is 0.181. The lowest BCUT2D eigenvalue weighted by molar-refractivity contribution is 0.293. The van der Waals surface area contributed by atoms with E-state index in [1.54, 1.807) is 6.07 Å². The van der Waals surface area contributed by atoms with Crippen LogP contribution in [-0.4, -0.2) is 41.0 Å². The fourth-order valence-electron chi connectivity index (χ4n) is 4.49. The number of methoxy groups -OCH3 is 3. The average molecular weight is 448 g/mol. The monoisotopic (exact) mass is 447 g/mol. The quantitative estimate of drug-likeness (QED) is 0.641. The summed E-state index contributed by atoms with van der Waals surface area (Å²) in [5, 5.41) is 3.75. The van der Waals surface area contributed by atoms with E-state index >= 15 is 0 Å². The maximum atomic E-state index is 13.8. The van der Waals surface area contributed by atoms with E-state index in [0.29, 0.717) is 17.7 Å². The number of hydrogen-bond acceptors (Lipinski definition) is 6. The molecule has 0 bridgehead atoms. The van der Waals surface area contributed by atoms with Gasteiger partial charge >= 0.3 is 0 Å². The van der Waals surface area contributed by atoms with Gasteiger partial charge in [0.05, 0.1) is 33.1 Å². The van der Waals surface area contributed by atoms with Gasteiger partial charge in [-0.1, -0.05) is 57.0 Å². The molecule has 170 valence electrons. The number of unbranched alkanes of at least 4 members (excludes halogenated alkanes) is 1. The first kappa shape index (κ1) is 23.4. The molecule has 0 amide bonds. The third kappa shape index (κ3) is 4.39. The smallest absolute Gasteiger partial charge is 0.204 e. The van der Waals surface area contributed by atoms with Crippen LogP contribution in [0.2, 0.25) is 0 Å². The fourth-order valence-corrected chi connectivity index (χ4v) is 6.79. The number of rotatable bonds is 8. The Hall–Kier alpha value is -2.25. The van der Waals surface area contributed by atoms with Crippen molar-refractivity contribution in [3.05, 3.63) is 47.5 Å². The highest BCUT2D eigenvalue weighted by molar-refractivity contribution is 7.91. The molecule has 6 nitrogen and oxygen atoms in total. The van der Waals surface area contributed by atoms with Gasteiger partial charge in [-0.15, -0.1) is 0 Å². The molecule has 0 aromatic heterocycles. The van der Waals surface area contributed by atoms with Crippen molar-refractivity contribution in [3.8, 4) is 17.2 Å². The van der Waals surface area contributed by atoms with Gasteiger partial charge in [0.15, 0.2) is 21.3 Å². The summed E-state index contributed by atoms with van der Waals surface area (Å²) in [5.74, 6) is 0.922. The Morgan fingerprint density at radius 1 is 1.03 bits per heavy atom. The second-order valence-corrected chi connectivity index (χ2v) is 9.97. The van der Waals surface area contributed by atoms with Gasteiger partial charge < -0.3 is 14.2 Å². The fraction of sp³-hybridized carbons (Fsp3) is 0.500. The lowest BCUT2D eigenvalue weighted by Crippen LogP contribution is -2.50. The molecule has 2 atom stereocenters. The Morgan fingerprint density at radius 2 is 1.71 bits per heavy atom. The SMILES string of the molecule is CCCC[C@]1(CC)CS(=O)(=O)c2c(cc(OC)c(OC)c2OC)[C@H](c2ccccc2)N1. The molecule has 0 saturated carbocycles. The minimum absolute atomic E-state index is 0.00131. The highest BCUT2D eigenvalue weighted by Crippen LogP contribution is 2.49. The molecule has 2 aromatic carbocycles. The van der Waals surface area contributed by atoms with E-state index in [2.05, 4.69) is 19.2 Å². The molecule has 0 aliphatic carbocycles. The highest BCUT2D eigenvalue weighted by Gasteiger charge is 2.44. The van der Waals surface area contributed by atoms with E-state index in [0.717, 1.165) is 24.8 Å². The second-order valence-electron chi connectivity index (χ2n) is 8.05. The largest absolute Gasteiger partial charge is 0.493 e. The molecule has 0 saturated heterocycles. The maximum Gasteiger partial charge on any atom is 0.204 e. The van der Waals surface area contributed by atoms with Crippen LogP contribution in [0.1, 0.15) is 56.7 Å². The zero-order valence-corrected chi connectivity index (χ0v) is 19.8. The van der Waals surface area contributed by atoms with E-state index < -0.39 is 15.4 Å². The van der Waals surface area contributed by atoms with Gasteiger partial charge in [0.2, 0.25) is 5.75 Å². The van der Waals surface area contributed by atoms with Crippen molar-refractivity contribution in [2.24, 2.45) is 0 Å². The predicted octanol–water partition coefficient (Wildman–Crippen LogP) is 4.52. The Kier molecular flexibility index (Phi) is 7.17. The lowest BCUT2D eigenvalue weighted by Gasteiger charge is -2.35. The minimum atomic E-state index is -3.69. The minimum Gasteiger partial charge on any atom is -0.493 e. The first-order chi connectivity index (χ1) is 14.9. The van der Waals surface area contributed by atoms with Gasteiger partial charge in [-0.25, -0.2) is 8.42 Å². The summed E-state index contributed by atoms with van der Waals surface area (Å²) in [6.45, 7) is 4.17. The van der Waals surface area contributed by atoms with E-state index in [-0.39, 0.29) is 28.2 Å². The van der Waals surface area contributed by atoms with Crippen molar-refractivity contribution < 1.29 is 22.6 Å². The average Bonchev–Trinajstić information content (AvgIpc) is 2.89. The molecule has 3 rings (SSSR count). The van der Waals surface area contributed by atoms with Crippen LogP contribution in [0, 0.1) is 0 Å². The molecule has 1 aliphatic heterocycles. The van der Waals surface area contributed by atoms with Crippen LogP contribution in [0.5, 0.6) is 17.2 Å². The van der Waals surface area contributed by atoms with Crippen LogP contribution in [-0.2, 0) is 9.84 Å². The summed E-state index contributed by atoms with van der Waals surface area (Å²) in [6.07, 6.45) is 3.41. The van der Waals surface area contributed by atoms with Crippen LogP contribution in [0.4, 0.5) is 0 Å². The molecule has 1 N–H and O–H groups in total. The van der Waals surface area contributed by atoms with E-state index in [1.165, 1.54) is 21.3 Å². The summed E-state index contributed by atoms with van der Waals surface area (Å²) in [5.41, 5.74) is 1.05. The first-order valence-electron chi connectivity index (χ1n) is 10.7. The van der Waals surface area contributed by atoms with Crippen molar-refractivity contribution in [1.29, 1.82) is 0 Å².